The molecular formula is C29H29BrN4O4. The Morgan fingerprint density at radius 1 is 1.03 bits per heavy atom. The summed E-state index contributed by atoms with van der Waals surface area (Å²) in [5.74, 6) is 1.18. The number of ether oxygens (including phenoxy) is 2. The van der Waals surface area contributed by atoms with Gasteiger partial charge in [0, 0.05) is 66.3 Å². The minimum Gasteiger partial charge on any atom is -0.497 e. The first kappa shape index (κ1) is 24.8. The van der Waals surface area contributed by atoms with Crippen LogP contribution in [0.2, 0.25) is 0 Å². The topological polar surface area (TPSA) is 78.1 Å². The fraction of sp³-hybridized carbons (Fsp3) is 0.310. The Hall–Kier alpha value is -3.56. The normalized spacial score (nSPS) is 17.7. The van der Waals surface area contributed by atoms with E-state index in [9.17, 15) is 9.59 Å². The highest BCUT2D eigenvalue weighted by atomic mass is 79.9. The first-order valence-corrected chi connectivity index (χ1v) is 13.8. The molecule has 0 radical (unpaired) electrons. The van der Waals surface area contributed by atoms with Crippen molar-refractivity contribution in [2.75, 3.05) is 57.1 Å². The quantitative estimate of drug-likeness (QED) is 0.337. The van der Waals surface area contributed by atoms with E-state index < -0.39 is 0 Å². The molecule has 2 aliphatic rings. The number of rotatable bonds is 4. The Morgan fingerprint density at radius 3 is 2.53 bits per heavy atom. The van der Waals surface area contributed by atoms with Crippen molar-refractivity contribution in [1.82, 2.24) is 14.8 Å². The van der Waals surface area contributed by atoms with Crippen LogP contribution in [0.25, 0.3) is 21.7 Å². The van der Waals surface area contributed by atoms with E-state index in [0.717, 1.165) is 51.8 Å². The van der Waals surface area contributed by atoms with E-state index in [4.69, 9.17) is 9.47 Å². The molecule has 1 aromatic heterocycles. The van der Waals surface area contributed by atoms with Crippen LogP contribution in [0.15, 0.2) is 54.6 Å². The first-order chi connectivity index (χ1) is 18.5. The van der Waals surface area contributed by atoms with Crippen molar-refractivity contribution in [3.63, 3.8) is 0 Å². The number of carbonyl (C=O) groups is 2. The van der Waals surface area contributed by atoms with E-state index >= 15 is 0 Å². The van der Waals surface area contributed by atoms with Crippen LogP contribution in [0, 0.1) is 0 Å². The summed E-state index contributed by atoms with van der Waals surface area (Å²) in [6.45, 7) is 3.40. The number of nitrogens with zero attached hydrogens (tertiary/aromatic N) is 3. The van der Waals surface area contributed by atoms with Gasteiger partial charge in [-0.15, -0.1) is 0 Å². The minimum absolute atomic E-state index is 0.103. The van der Waals surface area contributed by atoms with Gasteiger partial charge >= 0.3 is 6.09 Å². The Morgan fingerprint density at radius 2 is 1.79 bits per heavy atom. The second kappa shape index (κ2) is 9.96. The van der Waals surface area contributed by atoms with Crippen LogP contribution >= 0.6 is 15.9 Å². The third-order valence-electron chi connectivity index (χ3n) is 7.58. The molecule has 3 heterocycles. The lowest BCUT2D eigenvalue weighted by molar-refractivity contribution is 0.0984. The minimum atomic E-state index is -0.360. The number of methoxy groups -OCH3 is 1. The summed E-state index contributed by atoms with van der Waals surface area (Å²) in [6, 6.07) is 17.3. The van der Waals surface area contributed by atoms with Crippen LogP contribution in [0.3, 0.4) is 0 Å². The van der Waals surface area contributed by atoms with Gasteiger partial charge in [0.2, 0.25) is 0 Å². The Labute approximate surface area is 229 Å². The van der Waals surface area contributed by atoms with Crippen molar-refractivity contribution < 1.29 is 19.1 Å². The van der Waals surface area contributed by atoms with Crippen molar-refractivity contribution in [3.05, 3.63) is 65.9 Å². The van der Waals surface area contributed by atoms with Gasteiger partial charge in [-0.2, -0.15) is 0 Å². The van der Waals surface area contributed by atoms with Crippen LogP contribution in [0.5, 0.6) is 11.5 Å². The first-order valence-electron chi connectivity index (χ1n) is 12.7. The smallest absolute Gasteiger partial charge is 0.415 e. The molecule has 0 aliphatic carbocycles. The van der Waals surface area contributed by atoms with E-state index in [2.05, 4.69) is 25.8 Å². The van der Waals surface area contributed by atoms with Crippen molar-refractivity contribution in [2.24, 2.45) is 0 Å². The molecule has 6 rings (SSSR count). The van der Waals surface area contributed by atoms with E-state index in [1.807, 2.05) is 61.6 Å². The number of H-pyrrole nitrogens is 1. The highest BCUT2D eigenvalue weighted by Crippen LogP contribution is 2.46. The summed E-state index contributed by atoms with van der Waals surface area (Å²) < 4.78 is 11.3. The second-order valence-corrected chi connectivity index (χ2v) is 10.6. The van der Waals surface area contributed by atoms with Gasteiger partial charge in [0.25, 0.3) is 5.91 Å². The number of carbonyl (C=O) groups excluding carboxylic acids is 2. The number of alkyl halides is 1. The molecular weight excluding hydrogens is 548 g/mol. The number of likely N-dealkylation sites (N-methyl/N-ethyl adjacent to an activating group) is 1. The molecule has 9 heteroatoms. The summed E-state index contributed by atoms with van der Waals surface area (Å²) in [5, 5.41) is 3.47. The van der Waals surface area contributed by atoms with E-state index in [0.29, 0.717) is 36.4 Å². The van der Waals surface area contributed by atoms with Gasteiger partial charge in [0.1, 0.15) is 17.2 Å². The summed E-state index contributed by atoms with van der Waals surface area (Å²) in [5.41, 5.74) is 3.23. The van der Waals surface area contributed by atoms with E-state index in [1.54, 1.807) is 16.9 Å². The van der Waals surface area contributed by atoms with Crippen LogP contribution in [-0.4, -0.2) is 79.0 Å². The van der Waals surface area contributed by atoms with Gasteiger partial charge in [0.15, 0.2) is 0 Å². The fourth-order valence-corrected chi connectivity index (χ4v) is 5.99. The van der Waals surface area contributed by atoms with Crippen LogP contribution in [0.4, 0.5) is 10.5 Å². The van der Waals surface area contributed by atoms with Gasteiger partial charge in [-0.05, 0) is 42.3 Å². The summed E-state index contributed by atoms with van der Waals surface area (Å²) in [6.07, 6.45) is -0.360. The van der Waals surface area contributed by atoms with Gasteiger partial charge in [-0.25, -0.2) is 4.79 Å². The van der Waals surface area contributed by atoms with Crippen molar-refractivity contribution in [3.8, 4) is 11.5 Å². The molecule has 1 atom stereocenters. The largest absolute Gasteiger partial charge is 0.497 e. The van der Waals surface area contributed by atoms with Gasteiger partial charge < -0.3 is 29.2 Å². The summed E-state index contributed by atoms with van der Waals surface area (Å²) in [7, 11) is 3.67. The maximum atomic E-state index is 13.9. The van der Waals surface area contributed by atoms with Crippen molar-refractivity contribution in [1.29, 1.82) is 0 Å². The molecule has 3 aromatic carbocycles. The van der Waals surface area contributed by atoms with Gasteiger partial charge in [0.05, 0.1) is 12.8 Å². The number of anilines is 1. The molecule has 8 nitrogen and oxygen atoms in total. The average Bonchev–Trinajstić information content (AvgIpc) is 3.54. The molecule has 4 aromatic rings. The number of hydrogen-bond acceptors (Lipinski definition) is 5. The number of halogens is 1. The predicted molar refractivity (Wildman–Crippen MR) is 152 cm³/mol. The monoisotopic (exact) mass is 576 g/mol. The van der Waals surface area contributed by atoms with Crippen LogP contribution < -0.4 is 14.4 Å². The Bertz CT molecular complexity index is 1540. The van der Waals surface area contributed by atoms with Gasteiger partial charge in [-0.1, -0.05) is 40.2 Å². The fourth-order valence-electron chi connectivity index (χ4n) is 5.46. The number of benzene rings is 3. The maximum absolute atomic E-state index is 13.9. The highest BCUT2D eigenvalue weighted by Gasteiger charge is 2.36. The molecule has 196 valence electrons. The number of nitrogens with one attached hydrogen (secondary N) is 1. The molecule has 0 bridgehead atoms. The second-order valence-electron chi connectivity index (χ2n) is 9.91. The zero-order valence-corrected chi connectivity index (χ0v) is 23.0. The predicted octanol–water partition coefficient (Wildman–Crippen LogP) is 5.21. The van der Waals surface area contributed by atoms with Crippen molar-refractivity contribution >= 4 is 55.3 Å². The molecule has 2 amide bonds. The number of fused-ring (bicyclic) bond motifs is 4. The Kier molecular flexibility index (Phi) is 6.49. The lowest BCUT2D eigenvalue weighted by Crippen LogP contribution is -2.48. The maximum Gasteiger partial charge on any atom is 0.415 e. The molecule has 1 N–H and O–H groups in total. The third kappa shape index (κ3) is 4.29. The molecule has 1 fully saturated rings. The lowest BCUT2D eigenvalue weighted by Gasteiger charge is -2.31. The molecule has 1 saturated heterocycles. The molecule has 0 saturated carbocycles. The highest BCUT2D eigenvalue weighted by molar-refractivity contribution is 9.09. The van der Waals surface area contributed by atoms with Crippen LogP contribution in [0.1, 0.15) is 22.0 Å². The molecule has 38 heavy (non-hydrogen) atoms. The number of hydrogen-bond donors (Lipinski definition) is 1. The summed E-state index contributed by atoms with van der Waals surface area (Å²) >= 11 is 3.67. The zero-order valence-electron chi connectivity index (χ0n) is 21.4. The van der Waals surface area contributed by atoms with Crippen LogP contribution in [-0.2, 0) is 0 Å². The van der Waals surface area contributed by atoms with E-state index in [-0.39, 0.29) is 17.9 Å². The standard InChI is InChI=1S/C29H29BrN4O4/c1-32-9-11-33(12-10-32)29(36)38-26-15-25-27(22-6-4-3-5-21(22)26)19(16-30)17-34(25)28(35)24-14-18-13-20(37-2)7-8-23(18)31-24/h3-8,13-15,19,31H,9-12,16-17H2,1-2H3/t19-/m1/s1. The van der Waals surface area contributed by atoms with Gasteiger partial charge in [-0.3, -0.25) is 4.79 Å². The van der Waals surface area contributed by atoms with E-state index in [1.165, 1.54) is 0 Å². The number of amides is 2. The number of aromatic nitrogens is 1. The third-order valence-corrected chi connectivity index (χ3v) is 8.36. The zero-order chi connectivity index (χ0) is 26.4. The number of piperazine rings is 1. The Balaban J connectivity index is 1.39. The van der Waals surface area contributed by atoms with Crippen molar-refractivity contribution in [2.45, 2.75) is 5.92 Å². The summed E-state index contributed by atoms with van der Waals surface area (Å²) in [4.78, 5) is 36.0. The average molecular weight is 577 g/mol. The molecule has 0 unspecified atom stereocenters. The molecule has 0 spiro atoms. The molecule has 2 aliphatic heterocycles. The SMILES string of the molecule is COc1ccc2[nH]c(C(=O)N3C[C@@H](CBr)c4c3cc(OC(=O)N3CCN(C)CC3)c3ccccc43)cc2c1. The number of aromatic amines is 1. The lowest BCUT2D eigenvalue weighted by atomic mass is 9.95.